The summed E-state index contributed by atoms with van der Waals surface area (Å²) in [4.78, 5) is 24.6. The molecule has 0 saturated carbocycles. The Hall–Kier alpha value is -3.14. The molecule has 4 nitrogen and oxygen atoms in total. The Labute approximate surface area is 161 Å². The Morgan fingerprint density at radius 1 is 0.926 bits per heavy atom. The maximum Gasteiger partial charge on any atom is 0.313 e. The van der Waals surface area contributed by atoms with Crippen LogP contribution in [0.2, 0.25) is 0 Å². The number of anilines is 1. The molecule has 4 heteroatoms. The normalized spacial score (nSPS) is 10.7. The van der Waals surface area contributed by atoms with Crippen molar-refractivity contribution < 1.29 is 9.59 Å². The maximum absolute atomic E-state index is 12.4. The fourth-order valence-electron chi connectivity index (χ4n) is 3.13. The number of allylic oxidation sites excluding steroid dienone is 2. The summed E-state index contributed by atoms with van der Waals surface area (Å²) >= 11 is 0. The number of nitrogens with one attached hydrogen (secondary N) is 2. The van der Waals surface area contributed by atoms with E-state index in [1.54, 1.807) is 6.07 Å². The second kappa shape index (κ2) is 9.53. The molecule has 2 aromatic rings. The Morgan fingerprint density at radius 3 is 2.11 bits per heavy atom. The van der Waals surface area contributed by atoms with Gasteiger partial charge in [0, 0.05) is 17.6 Å². The van der Waals surface area contributed by atoms with Crippen LogP contribution in [0.15, 0.2) is 79.9 Å². The highest BCUT2D eigenvalue weighted by Gasteiger charge is 2.31. The molecule has 0 fully saturated rings. The zero-order valence-electron chi connectivity index (χ0n) is 15.7. The van der Waals surface area contributed by atoms with Crippen LogP contribution in [0.4, 0.5) is 5.69 Å². The van der Waals surface area contributed by atoms with Gasteiger partial charge in [0.2, 0.25) is 0 Å². The lowest BCUT2D eigenvalue weighted by atomic mass is 9.74. The standard InChI is InChI=1S/C23H26N2O2/c1-4-15-23(16-5-2,19-12-7-6-8-13-19)17-24-21(26)22(27)25-20-14-10-9-11-18(20)3/h4-14H,1-2,15-17H2,3H3,(H,24,26)(H,25,27). The first-order valence-electron chi connectivity index (χ1n) is 8.94. The highest BCUT2D eigenvalue weighted by Crippen LogP contribution is 2.32. The number of benzene rings is 2. The van der Waals surface area contributed by atoms with Gasteiger partial charge in [0.05, 0.1) is 0 Å². The second-order valence-electron chi connectivity index (χ2n) is 6.58. The third-order valence-electron chi connectivity index (χ3n) is 4.64. The van der Waals surface area contributed by atoms with Crippen LogP contribution in [-0.2, 0) is 15.0 Å². The van der Waals surface area contributed by atoms with Crippen molar-refractivity contribution in [1.82, 2.24) is 5.32 Å². The minimum atomic E-state index is -0.677. The van der Waals surface area contributed by atoms with Gasteiger partial charge in [-0.1, -0.05) is 60.7 Å². The van der Waals surface area contributed by atoms with E-state index >= 15 is 0 Å². The minimum absolute atomic E-state index is 0.315. The van der Waals surface area contributed by atoms with Crippen LogP contribution in [0.5, 0.6) is 0 Å². The lowest BCUT2D eigenvalue weighted by molar-refractivity contribution is -0.136. The van der Waals surface area contributed by atoms with E-state index in [4.69, 9.17) is 0 Å². The molecule has 140 valence electrons. The second-order valence-corrected chi connectivity index (χ2v) is 6.58. The third-order valence-corrected chi connectivity index (χ3v) is 4.64. The Bertz CT molecular complexity index is 802. The van der Waals surface area contributed by atoms with E-state index < -0.39 is 11.8 Å². The van der Waals surface area contributed by atoms with Gasteiger partial charge >= 0.3 is 11.8 Å². The van der Waals surface area contributed by atoms with Gasteiger partial charge in [-0.15, -0.1) is 13.2 Å². The van der Waals surface area contributed by atoms with Crippen molar-refractivity contribution in [3.8, 4) is 0 Å². The molecule has 27 heavy (non-hydrogen) atoms. The molecule has 0 heterocycles. The maximum atomic E-state index is 12.4. The van der Waals surface area contributed by atoms with E-state index in [1.807, 2.05) is 67.6 Å². The van der Waals surface area contributed by atoms with E-state index in [0.29, 0.717) is 25.1 Å². The highest BCUT2D eigenvalue weighted by molar-refractivity contribution is 6.39. The van der Waals surface area contributed by atoms with Crippen LogP contribution >= 0.6 is 0 Å². The van der Waals surface area contributed by atoms with Crippen LogP contribution in [-0.4, -0.2) is 18.4 Å². The SMILES string of the molecule is C=CCC(CC=C)(CNC(=O)C(=O)Nc1ccccc1C)c1ccccc1. The van der Waals surface area contributed by atoms with Gasteiger partial charge in [-0.05, 0) is 37.0 Å². The molecule has 0 aromatic heterocycles. The molecular weight excluding hydrogens is 336 g/mol. The van der Waals surface area contributed by atoms with E-state index in [-0.39, 0.29) is 5.41 Å². The van der Waals surface area contributed by atoms with Gasteiger partial charge in [0.1, 0.15) is 0 Å². The Morgan fingerprint density at radius 2 is 1.52 bits per heavy atom. The summed E-state index contributed by atoms with van der Waals surface area (Å²) in [6.45, 7) is 9.90. The summed E-state index contributed by atoms with van der Waals surface area (Å²) in [5.74, 6) is -1.34. The summed E-state index contributed by atoms with van der Waals surface area (Å²) in [7, 11) is 0. The molecule has 0 saturated heterocycles. The zero-order chi connectivity index (χ0) is 19.7. The molecule has 2 N–H and O–H groups in total. The van der Waals surface area contributed by atoms with E-state index in [2.05, 4.69) is 23.8 Å². The van der Waals surface area contributed by atoms with Crippen LogP contribution < -0.4 is 10.6 Å². The fraction of sp³-hybridized carbons (Fsp3) is 0.217. The summed E-state index contributed by atoms with van der Waals surface area (Å²) in [6.07, 6.45) is 4.97. The van der Waals surface area contributed by atoms with Crippen molar-refractivity contribution in [1.29, 1.82) is 0 Å². The summed E-state index contributed by atoms with van der Waals surface area (Å²) in [5, 5.41) is 5.44. The van der Waals surface area contributed by atoms with Crippen molar-refractivity contribution in [2.24, 2.45) is 0 Å². The summed E-state index contributed by atoms with van der Waals surface area (Å²) < 4.78 is 0. The summed E-state index contributed by atoms with van der Waals surface area (Å²) in [5.41, 5.74) is 2.22. The number of hydrogen-bond acceptors (Lipinski definition) is 2. The number of hydrogen-bond donors (Lipinski definition) is 2. The van der Waals surface area contributed by atoms with Crippen LogP contribution in [0.1, 0.15) is 24.0 Å². The fourth-order valence-corrected chi connectivity index (χ4v) is 3.13. The molecule has 2 amide bonds. The quantitative estimate of drug-likeness (QED) is 0.548. The number of amides is 2. The molecule has 0 spiro atoms. The average molecular weight is 362 g/mol. The number of carbonyl (C=O) groups excluding carboxylic acids is 2. The molecule has 0 aliphatic rings. The van der Waals surface area contributed by atoms with Crippen LogP contribution in [0, 0.1) is 6.92 Å². The van der Waals surface area contributed by atoms with Gasteiger partial charge in [-0.2, -0.15) is 0 Å². The third kappa shape index (κ3) is 5.17. The minimum Gasteiger partial charge on any atom is -0.347 e. The van der Waals surface area contributed by atoms with E-state index in [9.17, 15) is 9.59 Å². The van der Waals surface area contributed by atoms with Crippen LogP contribution in [0.3, 0.4) is 0 Å². The number of para-hydroxylation sites is 1. The van der Waals surface area contributed by atoms with Crippen molar-refractivity contribution >= 4 is 17.5 Å². The van der Waals surface area contributed by atoms with Crippen molar-refractivity contribution in [3.05, 3.63) is 91.0 Å². The van der Waals surface area contributed by atoms with Crippen LogP contribution in [0.25, 0.3) is 0 Å². The van der Waals surface area contributed by atoms with Crippen molar-refractivity contribution in [2.75, 3.05) is 11.9 Å². The van der Waals surface area contributed by atoms with E-state index in [0.717, 1.165) is 11.1 Å². The molecule has 0 unspecified atom stereocenters. The molecule has 0 bridgehead atoms. The van der Waals surface area contributed by atoms with E-state index in [1.165, 1.54) is 0 Å². The summed E-state index contributed by atoms with van der Waals surface area (Å²) in [6, 6.07) is 17.3. The van der Waals surface area contributed by atoms with Crippen molar-refractivity contribution in [2.45, 2.75) is 25.2 Å². The molecular formula is C23H26N2O2. The molecule has 2 aromatic carbocycles. The number of carbonyl (C=O) groups is 2. The first kappa shape index (κ1) is 20.2. The first-order valence-corrected chi connectivity index (χ1v) is 8.94. The first-order chi connectivity index (χ1) is 13.0. The van der Waals surface area contributed by atoms with Gasteiger partial charge in [-0.25, -0.2) is 0 Å². The van der Waals surface area contributed by atoms with Gasteiger partial charge in [-0.3, -0.25) is 9.59 Å². The van der Waals surface area contributed by atoms with Crippen molar-refractivity contribution in [3.63, 3.8) is 0 Å². The molecule has 0 aliphatic carbocycles. The molecule has 0 aliphatic heterocycles. The predicted octanol–water partition coefficient (Wildman–Crippen LogP) is 4.14. The molecule has 2 rings (SSSR count). The molecule has 0 radical (unpaired) electrons. The predicted molar refractivity (Wildman–Crippen MR) is 111 cm³/mol. The Balaban J connectivity index is 2.12. The van der Waals surface area contributed by atoms with Gasteiger partial charge in [0.25, 0.3) is 0 Å². The van der Waals surface area contributed by atoms with Gasteiger partial charge < -0.3 is 10.6 Å². The molecule has 0 atom stereocenters. The lowest BCUT2D eigenvalue weighted by Gasteiger charge is -2.33. The Kier molecular flexibility index (Phi) is 7.12. The zero-order valence-corrected chi connectivity index (χ0v) is 15.7. The number of rotatable bonds is 8. The highest BCUT2D eigenvalue weighted by atomic mass is 16.2. The monoisotopic (exact) mass is 362 g/mol. The topological polar surface area (TPSA) is 58.2 Å². The smallest absolute Gasteiger partial charge is 0.313 e. The average Bonchev–Trinajstić information content (AvgIpc) is 2.68. The largest absolute Gasteiger partial charge is 0.347 e. The lowest BCUT2D eigenvalue weighted by Crippen LogP contribution is -2.44. The van der Waals surface area contributed by atoms with Gasteiger partial charge in [0.15, 0.2) is 0 Å². The number of aryl methyl sites for hydroxylation is 1.